The van der Waals surface area contributed by atoms with E-state index in [0.717, 1.165) is 5.69 Å². The fraction of sp³-hybridized carbons (Fsp3) is 0.150. The first kappa shape index (κ1) is 18.1. The second kappa shape index (κ2) is 7.01. The van der Waals surface area contributed by atoms with Gasteiger partial charge in [-0.25, -0.2) is 4.68 Å². The molecule has 0 fully saturated rings. The highest BCUT2D eigenvalue weighted by Crippen LogP contribution is 2.29. The molecule has 4 aromatic rings. The Hall–Kier alpha value is -3.32. The number of hydrogen-bond acceptors (Lipinski definition) is 4. The van der Waals surface area contributed by atoms with Crippen molar-refractivity contribution in [2.75, 3.05) is 5.32 Å². The van der Waals surface area contributed by atoms with Gasteiger partial charge in [0.05, 0.1) is 33.7 Å². The lowest BCUT2D eigenvalue weighted by Crippen LogP contribution is -2.16. The summed E-state index contributed by atoms with van der Waals surface area (Å²) < 4.78 is 1.70. The Labute approximate surface area is 166 Å². The van der Waals surface area contributed by atoms with Gasteiger partial charge in [0.1, 0.15) is 5.75 Å². The summed E-state index contributed by atoms with van der Waals surface area (Å²) in [6.07, 6.45) is 1.54. The van der Waals surface area contributed by atoms with Crippen molar-refractivity contribution in [1.82, 2.24) is 20.0 Å². The van der Waals surface area contributed by atoms with Crippen molar-refractivity contribution in [1.29, 1.82) is 0 Å². The number of hydrogen-bond donors (Lipinski definition) is 3. The molecule has 0 saturated heterocycles. The number of phenols is 1. The standard InChI is InChI=1S/C20H18ClN5O2/c1-11(2)18-14(10-22-26(18)17-6-4-3-5-15(17)21)20(28)23-19-13-8-7-12(27)9-16(13)24-25-19/h3-11,27H,1-2H3,(H2,23,24,25,28). The van der Waals surface area contributed by atoms with E-state index in [2.05, 4.69) is 20.6 Å². The number of para-hydroxylation sites is 1. The normalized spacial score (nSPS) is 11.3. The average molecular weight is 396 g/mol. The topological polar surface area (TPSA) is 95.8 Å². The maximum atomic E-state index is 13.0. The fourth-order valence-corrected chi connectivity index (χ4v) is 3.40. The first-order chi connectivity index (χ1) is 13.5. The number of aromatic hydroxyl groups is 1. The summed E-state index contributed by atoms with van der Waals surface area (Å²) in [5, 5.41) is 25.0. The quantitative estimate of drug-likeness (QED) is 0.474. The van der Waals surface area contributed by atoms with Crippen LogP contribution in [0.1, 0.15) is 35.8 Å². The lowest BCUT2D eigenvalue weighted by molar-refractivity contribution is 0.102. The summed E-state index contributed by atoms with van der Waals surface area (Å²) in [7, 11) is 0. The maximum absolute atomic E-state index is 13.0. The lowest BCUT2D eigenvalue weighted by Gasteiger charge is -2.13. The van der Waals surface area contributed by atoms with Crippen LogP contribution in [0.3, 0.4) is 0 Å². The molecular weight excluding hydrogens is 378 g/mol. The van der Waals surface area contributed by atoms with Crippen LogP contribution in [0, 0.1) is 0 Å². The van der Waals surface area contributed by atoms with Crippen LogP contribution in [-0.4, -0.2) is 31.0 Å². The van der Waals surface area contributed by atoms with Crippen LogP contribution < -0.4 is 5.32 Å². The fourth-order valence-electron chi connectivity index (χ4n) is 3.18. The van der Waals surface area contributed by atoms with Gasteiger partial charge in [0.15, 0.2) is 5.82 Å². The number of rotatable bonds is 4. The van der Waals surface area contributed by atoms with Gasteiger partial charge in [-0.05, 0) is 30.2 Å². The molecule has 0 aliphatic heterocycles. The summed E-state index contributed by atoms with van der Waals surface area (Å²) in [6.45, 7) is 3.99. The van der Waals surface area contributed by atoms with Crippen LogP contribution >= 0.6 is 11.6 Å². The third-order valence-corrected chi connectivity index (χ3v) is 4.78. The van der Waals surface area contributed by atoms with E-state index in [-0.39, 0.29) is 17.6 Å². The summed E-state index contributed by atoms with van der Waals surface area (Å²) in [4.78, 5) is 13.0. The van der Waals surface area contributed by atoms with Gasteiger partial charge in [-0.15, -0.1) is 0 Å². The Morgan fingerprint density at radius 1 is 1.25 bits per heavy atom. The molecule has 0 aliphatic carbocycles. The van der Waals surface area contributed by atoms with Gasteiger partial charge in [-0.2, -0.15) is 10.2 Å². The van der Waals surface area contributed by atoms with Crippen LogP contribution in [0.15, 0.2) is 48.7 Å². The van der Waals surface area contributed by atoms with Gasteiger partial charge >= 0.3 is 0 Å². The molecule has 0 atom stereocenters. The number of phenolic OH excluding ortho intramolecular Hbond substituents is 1. The number of H-pyrrole nitrogens is 1. The minimum Gasteiger partial charge on any atom is -0.508 e. The molecule has 0 spiro atoms. The number of aromatic nitrogens is 4. The summed E-state index contributed by atoms with van der Waals surface area (Å²) in [6, 6.07) is 12.1. The Morgan fingerprint density at radius 3 is 2.79 bits per heavy atom. The Bertz CT molecular complexity index is 1180. The smallest absolute Gasteiger partial charge is 0.260 e. The molecule has 3 N–H and O–H groups in total. The van der Waals surface area contributed by atoms with E-state index in [1.807, 2.05) is 32.0 Å². The highest BCUT2D eigenvalue weighted by Gasteiger charge is 2.23. The van der Waals surface area contributed by atoms with E-state index in [4.69, 9.17) is 11.6 Å². The van der Waals surface area contributed by atoms with Gasteiger partial charge < -0.3 is 10.4 Å². The van der Waals surface area contributed by atoms with E-state index in [0.29, 0.717) is 33.0 Å². The minimum absolute atomic E-state index is 0.0346. The Balaban J connectivity index is 1.72. The van der Waals surface area contributed by atoms with Crippen LogP contribution in [0.2, 0.25) is 5.02 Å². The lowest BCUT2D eigenvalue weighted by atomic mass is 10.0. The zero-order valence-corrected chi connectivity index (χ0v) is 16.0. The average Bonchev–Trinajstić information content (AvgIpc) is 3.26. The predicted molar refractivity (Wildman–Crippen MR) is 108 cm³/mol. The number of amides is 1. The number of halogens is 1. The summed E-state index contributed by atoms with van der Waals surface area (Å²) in [5.74, 6) is 0.230. The van der Waals surface area contributed by atoms with E-state index in [1.165, 1.54) is 6.20 Å². The molecule has 1 amide bonds. The molecule has 7 nitrogen and oxygen atoms in total. The van der Waals surface area contributed by atoms with E-state index < -0.39 is 0 Å². The molecule has 2 heterocycles. The maximum Gasteiger partial charge on any atom is 0.260 e. The number of nitrogens with one attached hydrogen (secondary N) is 2. The molecule has 2 aromatic carbocycles. The molecular formula is C20H18ClN5O2. The second-order valence-electron chi connectivity index (χ2n) is 6.72. The van der Waals surface area contributed by atoms with Gasteiger partial charge in [0, 0.05) is 11.5 Å². The van der Waals surface area contributed by atoms with Crippen molar-refractivity contribution in [2.45, 2.75) is 19.8 Å². The molecule has 0 bridgehead atoms. The third-order valence-electron chi connectivity index (χ3n) is 4.46. The number of carbonyl (C=O) groups is 1. The highest BCUT2D eigenvalue weighted by molar-refractivity contribution is 6.32. The number of nitrogens with zero attached hydrogens (tertiary/aromatic N) is 3. The van der Waals surface area contributed by atoms with E-state index >= 15 is 0 Å². The number of carbonyl (C=O) groups excluding carboxylic acids is 1. The summed E-state index contributed by atoms with van der Waals surface area (Å²) in [5.41, 5.74) is 2.55. The van der Waals surface area contributed by atoms with E-state index in [9.17, 15) is 9.90 Å². The summed E-state index contributed by atoms with van der Waals surface area (Å²) >= 11 is 6.32. The molecule has 28 heavy (non-hydrogen) atoms. The number of benzene rings is 2. The predicted octanol–water partition coefficient (Wildman–Crippen LogP) is 4.48. The van der Waals surface area contributed by atoms with Crippen LogP contribution in [-0.2, 0) is 0 Å². The van der Waals surface area contributed by atoms with Crippen LogP contribution in [0.5, 0.6) is 5.75 Å². The highest BCUT2D eigenvalue weighted by atomic mass is 35.5. The molecule has 0 unspecified atom stereocenters. The van der Waals surface area contributed by atoms with Crippen LogP contribution in [0.4, 0.5) is 5.82 Å². The van der Waals surface area contributed by atoms with Crippen molar-refractivity contribution in [3.8, 4) is 11.4 Å². The molecule has 0 aliphatic rings. The first-order valence-corrected chi connectivity index (χ1v) is 9.14. The van der Waals surface area contributed by atoms with Gasteiger partial charge in [0.25, 0.3) is 5.91 Å². The molecule has 2 aromatic heterocycles. The van der Waals surface area contributed by atoms with Gasteiger partial charge in [-0.3, -0.25) is 9.89 Å². The zero-order chi connectivity index (χ0) is 19.8. The second-order valence-corrected chi connectivity index (χ2v) is 7.12. The Kier molecular flexibility index (Phi) is 4.52. The zero-order valence-electron chi connectivity index (χ0n) is 15.3. The SMILES string of the molecule is CC(C)c1c(C(=O)Nc2n[nH]c3cc(O)ccc23)cnn1-c1ccccc1Cl. The van der Waals surface area contributed by atoms with Crippen molar-refractivity contribution in [3.05, 3.63) is 64.9 Å². The number of aromatic amines is 1. The molecule has 0 saturated carbocycles. The largest absolute Gasteiger partial charge is 0.508 e. The van der Waals surface area contributed by atoms with Crippen molar-refractivity contribution >= 4 is 34.2 Å². The number of anilines is 1. The van der Waals surface area contributed by atoms with Crippen molar-refractivity contribution in [2.24, 2.45) is 0 Å². The van der Waals surface area contributed by atoms with Gasteiger partial charge in [-0.1, -0.05) is 37.6 Å². The third kappa shape index (κ3) is 3.10. The molecule has 8 heteroatoms. The Morgan fingerprint density at radius 2 is 2.04 bits per heavy atom. The molecule has 0 radical (unpaired) electrons. The van der Waals surface area contributed by atoms with Crippen LogP contribution in [0.25, 0.3) is 16.6 Å². The minimum atomic E-state index is -0.316. The van der Waals surface area contributed by atoms with E-state index in [1.54, 1.807) is 28.9 Å². The molecule has 142 valence electrons. The monoisotopic (exact) mass is 395 g/mol. The first-order valence-electron chi connectivity index (χ1n) is 8.77. The van der Waals surface area contributed by atoms with Crippen molar-refractivity contribution in [3.63, 3.8) is 0 Å². The molecule has 4 rings (SSSR count). The van der Waals surface area contributed by atoms with Gasteiger partial charge in [0.2, 0.25) is 0 Å². The van der Waals surface area contributed by atoms with Crippen molar-refractivity contribution < 1.29 is 9.90 Å². The number of fused-ring (bicyclic) bond motifs is 1.